The molecule has 0 saturated heterocycles. The molecule has 27 heavy (non-hydrogen) atoms. The number of carbonyl (C=O) groups excluding carboxylic acids is 1. The SMILES string of the molecule is COc1ccc(NC(=O)[C@H](C)N(c2cccc(C)c2)S(C)(=O)=O)cc1OC. The third kappa shape index (κ3) is 4.91. The van der Waals surface area contributed by atoms with Gasteiger partial charge in [0.05, 0.1) is 26.2 Å². The van der Waals surface area contributed by atoms with Crippen LogP contribution >= 0.6 is 0 Å². The molecule has 0 heterocycles. The lowest BCUT2D eigenvalue weighted by molar-refractivity contribution is -0.116. The van der Waals surface area contributed by atoms with Crippen molar-refractivity contribution in [3.05, 3.63) is 48.0 Å². The van der Waals surface area contributed by atoms with E-state index in [4.69, 9.17) is 9.47 Å². The predicted octanol–water partition coefficient (Wildman–Crippen LogP) is 2.81. The average molecular weight is 392 g/mol. The lowest BCUT2D eigenvalue weighted by Crippen LogP contribution is -2.45. The molecule has 1 N–H and O–H groups in total. The van der Waals surface area contributed by atoms with E-state index in [1.807, 2.05) is 13.0 Å². The van der Waals surface area contributed by atoms with Crippen molar-refractivity contribution >= 4 is 27.3 Å². The van der Waals surface area contributed by atoms with Gasteiger partial charge < -0.3 is 14.8 Å². The van der Waals surface area contributed by atoms with Gasteiger partial charge in [-0.2, -0.15) is 0 Å². The summed E-state index contributed by atoms with van der Waals surface area (Å²) in [5.74, 6) is 0.525. The van der Waals surface area contributed by atoms with Crippen molar-refractivity contribution in [2.24, 2.45) is 0 Å². The zero-order valence-electron chi connectivity index (χ0n) is 16.0. The highest BCUT2D eigenvalue weighted by Crippen LogP contribution is 2.30. The molecule has 0 fully saturated rings. The number of nitrogens with zero attached hydrogens (tertiary/aromatic N) is 1. The predicted molar refractivity (Wildman–Crippen MR) is 106 cm³/mol. The largest absolute Gasteiger partial charge is 0.493 e. The summed E-state index contributed by atoms with van der Waals surface area (Å²) in [6, 6.07) is 11.0. The molecular formula is C19H24N2O5S. The average Bonchev–Trinajstić information content (AvgIpc) is 2.60. The fourth-order valence-corrected chi connectivity index (χ4v) is 3.90. The maximum atomic E-state index is 12.7. The van der Waals surface area contributed by atoms with Crippen molar-refractivity contribution in [3.63, 3.8) is 0 Å². The second kappa shape index (κ2) is 8.30. The first-order chi connectivity index (χ1) is 12.7. The van der Waals surface area contributed by atoms with E-state index in [0.29, 0.717) is 22.9 Å². The highest BCUT2D eigenvalue weighted by Gasteiger charge is 2.29. The van der Waals surface area contributed by atoms with Crippen LogP contribution in [0.4, 0.5) is 11.4 Å². The van der Waals surface area contributed by atoms with Gasteiger partial charge in [-0.15, -0.1) is 0 Å². The zero-order chi connectivity index (χ0) is 20.2. The van der Waals surface area contributed by atoms with E-state index in [0.717, 1.165) is 16.1 Å². The quantitative estimate of drug-likeness (QED) is 0.783. The van der Waals surface area contributed by atoms with Gasteiger partial charge in [0.15, 0.2) is 11.5 Å². The number of ether oxygens (including phenoxy) is 2. The van der Waals surface area contributed by atoms with E-state index >= 15 is 0 Å². The van der Waals surface area contributed by atoms with Gasteiger partial charge >= 0.3 is 0 Å². The zero-order valence-corrected chi connectivity index (χ0v) is 16.8. The minimum absolute atomic E-state index is 0.437. The van der Waals surface area contributed by atoms with E-state index in [1.54, 1.807) is 43.3 Å². The number of carbonyl (C=O) groups is 1. The molecular weight excluding hydrogens is 368 g/mol. The summed E-state index contributed by atoms with van der Waals surface area (Å²) in [7, 11) is -0.654. The smallest absolute Gasteiger partial charge is 0.247 e. The Morgan fingerprint density at radius 3 is 2.30 bits per heavy atom. The number of aryl methyl sites for hydroxylation is 1. The fraction of sp³-hybridized carbons (Fsp3) is 0.316. The van der Waals surface area contributed by atoms with E-state index in [2.05, 4.69) is 5.32 Å². The molecule has 0 spiro atoms. The summed E-state index contributed by atoms with van der Waals surface area (Å²) in [4.78, 5) is 12.7. The molecule has 2 aromatic carbocycles. The summed E-state index contributed by atoms with van der Waals surface area (Å²) < 4.78 is 36.2. The van der Waals surface area contributed by atoms with Gasteiger partial charge in [-0.1, -0.05) is 12.1 Å². The van der Waals surface area contributed by atoms with Crippen LogP contribution in [0, 0.1) is 6.92 Å². The van der Waals surface area contributed by atoms with Gasteiger partial charge in [-0.05, 0) is 43.7 Å². The molecule has 2 rings (SSSR count). The summed E-state index contributed by atoms with van der Waals surface area (Å²) in [6.07, 6.45) is 1.08. The maximum Gasteiger partial charge on any atom is 0.247 e. The van der Waals surface area contributed by atoms with Gasteiger partial charge in [0.1, 0.15) is 6.04 Å². The summed E-state index contributed by atoms with van der Waals surface area (Å²) >= 11 is 0. The molecule has 0 saturated carbocycles. The highest BCUT2D eigenvalue weighted by molar-refractivity contribution is 7.92. The van der Waals surface area contributed by atoms with Crippen LogP contribution in [0.15, 0.2) is 42.5 Å². The van der Waals surface area contributed by atoms with Gasteiger partial charge in [-0.3, -0.25) is 9.10 Å². The number of methoxy groups -OCH3 is 2. The molecule has 0 radical (unpaired) electrons. The van der Waals surface area contributed by atoms with E-state index < -0.39 is 22.0 Å². The molecule has 1 atom stereocenters. The Morgan fingerprint density at radius 1 is 1.07 bits per heavy atom. The van der Waals surface area contributed by atoms with Gasteiger partial charge in [0, 0.05) is 11.8 Å². The van der Waals surface area contributed by atoms with Crippen molar-refractivity contribution < 1.29 is 22.7 Å². The van der Waals surface area contributed by atoms with Crippen molar-refractivity contribution in [2.75, 3.05) is 30.1 Å². The molecule has 0 aliphatic carbocycles. The Bertz CT molecular complexity index is 927. The van der Waals surface area contributed by atoms with Crippen LogP contribution in [0.2, 0.25) is 0 Å². The minimum Gasteiger partial charge on any atom is -0.493 e. The highest BCUT2D eigenvalue weighted by atomic mass is 32.2. The minimum atomic E-state index is -3.67. The summed E-state index contributed by atoms with van der Waals surface area (Å²) in [5, 5.41) is 2.72. The number of benzene rings is 2. The number of rotatable bonds is 7. The number of nitrogens with one attached hydrogen (secondary N) is 1. The van der Waals surface area contributed by atoms with Crippen LogP contribution in [0.1, 0.15) is 12.5 Å². The van der Waals surface area contributed by atoms with Crippen molar-refractivity contribution in [1.82, 2.24) is 0 Å². The van der Waals surface area contributed by atoms with Crippen molar-refractivity contribution in [3.8, 4) is 11.5 Å². The number of anilines is 2. The molecule has 0 aliphatic heterocycles. The van der Waals surface area contributed by atoms with Crippen LogP contribution < -0.4 is 19.1 Å². The van der Waals surface area contributed by atoms with Crippen LogP contribution in [-0.2, 0) is 14.8 Å². The van der Waals surface area contributed by atoms with Crippen molar-refractivity contribution in [1.29, 1.82) is 0 Å². The van der Waals surface area contributed by atoms with Crippen LogP contribution in [0.5, 0.6) is 11.5 Å². The van der Waals surface area contributed by atoms with E-state index in [1.165, 1.54) is 14.2 Å². The van der Waals surface area contributed by atoms with Crippen LogP contribution in [0.3, 0.4) is 0 Å². The van der Waals surface area contributed by atoms with Gasteiger partial charge in [0.25, 0.3) is 0 Å². The second-order valence-corrected chi connectivity index (χ2v) is 7.99. The van der Waals surface area contributed by atoms with E-state index in [9.17, 15) is 13.2 Å². The molecule has 8 heteroatoms. The Kier molecular flexibility index (Phi) is 6.32. The normalized spacial score (nSPS) is 12.2. The Morgan fingerprint density at radius 2 is 1.74 bits per heavy atom. The third-order valence-corrected chi connectivity index (χ3v) is 5.24. The molecule has 0 aliphatic rings. The molecule has 146 valence electrons. The second-order valence-electron chi connectivity index (χ2n) is 6.13. The molecule has 1 amide bonds. The number of hydrogen-bond donors (Lipinski definition) is 1. The molecule has 2 aromatic rings. The Balaban J connectivity index is 2.30. The van der Waals surface area contributed by atoms with Crippen LogP contribution in [0.25, 0.3) is 0 Å². The van der Waals surface area contributed by atoms with E-state index in [-0.39, 0.29) is 0 Å². The summed E-state index contributed by atoms with van der Waals surface area (Å²) in [6.45, 7) is 3.40. The first-order valence-corrected chi connectivity index (χ1v) is 10.1. The Hall–Kier alpha value is -2.74. The van der Waals surface area contributed by atoms with Gasteiger partial charge in [-0.25, -0.2) is 8.42 Å². The monoisotopic (exact) mass is 392 g/mol. The van der Waals surface area contributed by atoms with Crippen molar-refractivity contribution in [2.45, 2.75) is 19.9 Å². The molecule has 0 bridgehead atoms. The Labute approximate surface area is 160 Å². The molecule has 7 nitrogen and oxygen atoms in total. The topological polar surface area (TPSA) is 84.9 Å². The molecule has 0 unspecified atom stereocenters. The first-order valence-electron chi connectivity index (χ1n) is 8.26. The number of sulfonamides is 1. The van der Waals surface area contributed by atoms with Gasteiger partial charge in [0.2, 0.25) is 15.9 Å². The third-order valence-electron chi connectivity index (χ3n) is 4.00. The first kappa shape index (κ1) is 20.6. The summed E-state index contributed by atoms with van der Waals surface area (Å²) in [5.41, 5.74) is 1.81. The van der Waals surface area contributed by atoms with Crippen LogP contribution in [-0.4, -0.2) is 40.8 Å². The number of amides is 1. The lowest BCUT2D eigenvalue weighted by atomic mass is 10.2. The lowest BCUT2D eigenvalue weighted by Gasteiger charge is -2.28. The molecule has 0 aromatic heterocycles. The number of hydrogen-bond acceptors (Lipinski definition) is 5. The standard InChI is InChI=1S/C19H24N2O5S/c1-13-7-6-8-16(11-13)21(27(5,23)24)14(2)19(22)20-15-9-10-17(25-3)18(12-15)26-4/h6-12,14H,1-5H3,(H,20,22)/t14-/m0/s1. The fourth-order valence-electron chi connectivity index (χ4n) is 2.73. The maximum absolute atomic E-state index is 12.7.